The molecule has 2 heterocycles. The predicted molar refractivity (Wildman–Crippen MR) is 127 cm³/mol. The molecule has 1 aliphatic carbocycles. The Labute approximate surface area is 189 Å². The number of piperidine rings is 1. The smallest absolute Gasteiger partial charge is 0.410 e. The normalized spacial score (nSPS) is 21.4. The molecule has 7 nitrogen and oxygen atoms in total. The van der Waals surface area contributed by atoms with E-state index in [9.17, 15) is 4.79 Å². The molecule has 0 bridgehead atoms. The average molecular weight is 436 g/mol. The predicted octanol–water partition coefficient (Wildman–Crippen LogP) is 3.55. The van der Waals surface area contributed by atoms with E-state index in [1.807, 2.05) is 25.7 Å². The lowest BCUT2D eigenvalue weighted by Gasteiger charge is -2.40. The molecular formula is C24H45N5O2. The van der Waals surface area contributed by atoms with Crippen molar-refractivity contribution in [2.45, 2.75) is 84.3 Å². The van der Waals surface area contributed by atoms with Gasteiger partial charge in [0, 0.05) is 38.8 Å². The van der Waals surface area contributed by atoms with Crippen molar-refractivity contribution < 1.29 is 9.53 Å². The highest BCUT2D eigenvalue weighted by Crippen LogP contribution is 2.32. The molecule has 1 saturated carbocycles. The third-order valence-corrected chi connectivity index (χ3v) is 6.41. The van der Waals surface area contributed by atoms with E-state index in [4.69, 9.17) is 9.73 Å². The number of carbonyl (C=O) groups excluding carboxylic acids is 1. The lowest BCUT2D eigenvalue weighted by molar-refractivity contribution is 0.00928. The van der Waals surface area contributed by atoms with Crippen molar-refractivity contribution in [3.05, 3.63) is 0 Å². The molecule has 0 spiro atoms. The van der Waals surface area contributed by atoms with Gasteiger partial charge in [0.15, 0.2) is 5.96 Å². The first-order valence-corrected chi connectivity index (χ1v) is 12.6. The molecule has 0 aromatic rings. The third kappa shape index (κ3) is 8.17. The van der Waals surface area contributed by atoms with Crippen molar-refractivity contribution in [3.8, 4) is 0 Å². The number of hydrogen-bond acceptors (Lipinski definition) is 4. The number of amides is 1. The number of rotatable bonds is 8. The molecule has 3 fully saturated rings. The zero-order valence-corrected chi connectivity index (χ0v) is 20.4. The summed E-state index contributed by atoms with van der Waals surface area (Å²) >= 11 is 0. The van der Waals surface area contributed by atoms with Crippen molar-refractivity contribution in [1.29, 1.82) is 0 Å². The van der Waals surface area contributed by atoms with Gasteiger partial charge in [0.05, 0.1) is 0 Å². The number of nitrogens with one attached hydrogen (secondary N) is 1. The number of ether oxygens (including phenoxy) is 1. The first-order chi connectivity index (χ1) is 14.9. The van der Waals surface area contributed by atoms with Crippen LogP contribution < -0.4 is 5.32 Å². The summed E-state index contributed by atoms with van der Waals surface area (Å²) in [5.74, 6) is 1.70. The molecule has 3 aliphatic rings. The molecule has 0 radical (unpaired) electrons. The summed E-state index contributed by atoms with van der Waals surface area (Å²) in [4.78, 5) is 24.7. The Balaban J connectivity index is 1.50. The number of nitrogens with zero attached hydrogens (tertiary/aromatic N) is 4. The van der Waals surface area contributed by atoms with Crippen LogP contribution in [0.5, 0.6) is 0 Å². The minimum atomic E-state index is -0.445. The highest BCUT2D eigenvalue weighted by molar-refractivity contribution is 5.80. The van der Waals surface area contributed by atoms with E-state index < -0.39 is 5.60 Å². The number of carbonyl (C=O) groups is 1. The van der Waals surface area contributed by atoms with Crippen LogP contribution in [-0.4, -0.2) is 90.8 Å². The van der Waals surface area contributed by atoms with Crippen LogP contribution in [0.3, 0.4) is 0 Å². The number of aliphatic imine (C=N–C) groups is 1. The van der Waals surface area contributed by atoms with Crippen LogP contribution in [0, 0.1) is 5.92 Å². The summed E-state index contributed by atoms with van der Waals surface area (Å²) in [7, 11) is 0. The Morgan fingerprint density at radius 3 is 2.35 bits per heavy atom. The van der Waals surface area contributed by atoms with Gasteiger partial charge in [-0.3, -0.25) is 4.99 Å². The van der Waals surface area contributed by atoms with Gasteiger partial charge >= 0.3 is 6.09 Å². The SMILES string of the molecule is CCNC(=NCCCN1CCCC1)N1CCC(N(CC2CC2)C(=O)OC(C)(C)C)CC1. The second-order valence-corrected chi connectivity index (χ2v) is 10.4. The van der Waals surface area contributed by atoms with Crippen molar-refractivity contribution in [2.75, 3.05) is 52.4 Å². The van der Waals surface area contributed by atoms with Crippen LogP contribution in [0.15, 0.2) is 4.99 Å². The minimum absolute atomic E-state index is 0.139. The van der Waals surface area contributed by atoms with Gasteiger partial charge in [-0.1, -0.05) is 0 Å². The maximum Gasteiger partial charge on any atom is 0.410 e. The van der Waals surface area contributed by atoms with E-state index in [-0.39, 0.29) is 12.1 Å². The Kier molecular flexibility index (Phi) is 8.87. The topological polar surface area (TPSA) is 60.4 Å². The van der Waals surface area contributed by atoms with Crippen LogP contribution in [-0.2, 0) is 4.74 Å². The summed E-state index contributed by atoms with van der Waals surface area (Å²) in [5.41, 5.74) is -0.445. The van der Waals surface area contributed by atoms with Crippen LogP contribution in [0.2, 0.25) is 0 Å². The van der Waals surface area contributed by atoms with Gasteiger partial charge in [-0.05, 0) is 98.2 Å². The van der Waals surface area contributed by atoms with Gasteiger partial charge in [-0.2, -0.15) is 0 Å². The summed E-state index contributed by atoms with van der Waals surface area (Å²) in [5, 5.41) is 3.48. The highest BCUT2D eigenvalue weighted by atomic mass is 16.6. The molecule has 3 rings (SSSR count). The van der Waals surface area contributed by atoms with E-state index in [0.717, 1.165) is 64.5 Å². The fourth-order valence-electron chi connectivity index (χ4n) is 4.57. The first kappa shape index (κ1) is 24.1. The first-order valence-electron chi connectivity index (χ1n) is 12.6. The molecule has 1 amide bonds. The van der Waals surface area contributed by atoms with Gasteiger partial charge in [0.25, 0.3) is 0 Å². The van der Waals surface area contributed by atoms with E-state index in [1.54, 1.807) is 0 Å². The van der Waals surface area contributed by atoms with E-state index in [1.165, 1.54) is 38.8 Å². The van der Waals surface area contributed by atoms with Crippen molar-refractivity contribution in [2.24, 2.45) is 10.9 Å². The Hall–Kier alpha value is -1.50. The molecule has 2 aliphatic heterocycles. The summed E-state index contributed by atoms with van der Waals surface area (Å²) in [6.07, 6.45) is 8.12. The fraction of sp³-hybridized carbons (Fsp3) is 0.917. The van der Waals surface area contributed by atoms with Gasteiger partial charge in [0.1, 0.15) is 5.60 Å². The Morgan fingerprint density at radius 1 is 1.10 bits per heavy atom. The molecule has 1 N–H and O–H groups in total. The number of likely N-dealkylation sites (tertiary alicyclic amines) is 2. The number of guanidine groups is 1. The number of hydrogen-bond donors (Lipinski definition) is 1. The molecule has 178 valence electrons. The summed E-state index contributed by atoms with van der Waals surface area (Å²) in [6.45, 7) is 16.1. The second kappa shape index (κ2) is 11.4. The van der Waals surface area contributed by atoms with Crippen LogP contribution >= 0.6 is 0 Å². The molecule has 0 aromatic carbocycles. The summed E-state index contributed by atoms with van der Waals surface area (Å²) < 4.78 is 5.74. The zero-order chi connectivity index (χ0) is 22.3. The molecule has 31 heavy (non-hydrogen) atoms. The largest absolute Gasteiger partial charge is 0.444 e. The lowest BCUT2D eigenvalue weighted by atomic mass is 10.0. The van der Waals surface area contributed by atoms with Gasteiger partial charge in [-0.15, -0.1) is 0 Å². The quantitative estimate of drug-likeness (QED) is 0.359. The van der Waals surface area contributed by atoms with E-state index >= 15 is 0 Å². The third-order valence-electron chi connectivity index (χ3n) is 6.41. The highest BCUT2D eigenvalue weighted by Gasteiger charge is 2.35. The van der Waals surface area contributed by atoms with Crippen molar-refractivity contribution >= 4 is 12.1 Å². The maximum absolute atomic E-state index is 12.9. The molecule has 0 aromatic heterocycles. The minimum Gasteiger partial charge on any atom is -0.444 e. The van der Waals surface area contributed by atoms with Gasteiger partial charge in [-0.25, -0.2) is 4.79 Å². The van der Waals surface area contributed by atoms with E-state index in [2.05, 4.69) is 22.0 Å². The molecule has 7 heteroatoms. The maximum atomic E-state index is 12.9. The van der Waals surface area contributed by atoms with Crippen LogP contribution in [0.1, 0.15) is 72.6 Å². The van der Waals surface area contributed by atoms with Crippen LogP contribution in [0.25, 0.3) is 0 Å². The Morgan fingerprint density at radius 2 is 1.77 bits per heavy atom. The van der Waals surface area contributed by atoms with Crippen LogP contribution in [0.4, 0.5) is 4.79 Å². The summed E-state index contributed by atoms with van der Waals surface area (Å²) in [6, 6.07) is 0.268. The monoisotopic (exact) mass is 435 g/mol. The zero-order valence-electron chi connectivity index (χ0n) is 20.4. The van der Waals surface area contributed by atoms with Gasteiger partial charge in [0.2, 0.25) is 0 Å². The standard InChI is InChI=1S/C24H45N5O2/c1-5-25-22(26-13-8-16-27-14-6-7-15-27)28-17-11-21(12-18-28)29(19-20-9-10-20)23(30)31-24(2,3)4/h20-21H,5-19H2,1-4H3,(H,25,26). The van der Waals surface area contributed by atoms with Gasteiger partial charge < -0.3 is 24.8 Å². The lowest BCUT2D eigenvalue weighted by Crippen LogP contribution is -2.52. The molecule has 2 saturated heterocycles. The molecular weight excluding hydrogens is 390 g/mol. The molecule has 0 atom stereocenters. The second-order valence-electron chi connectivity index (χ2n) is 10.4. The van der Waals surface area contributed by atoms with E-state index in [0.29, 0.717) is 5.92 Å². The molecule has 0 unspecified atom stereocenters. The fourth-order valence-corrected chi connectivity index (χ4v) is 4.57. The average Bonchev–Trinajstić information content (AvgIpc) is 3.39. The van der Waals surface area contributed by atoms with Crippen molar-refractivity contribution in [1.82, 2.24) is 20.0 Å². The van der Waals surface area contributed by atoms with Crippen molar-refractivity contribution in [3.63, 3.8) is 0 Å². The Bertz CT molecular complexity index is 585.